The van der Waals surface area contributed by atoms with Gasteiger partial charge in [-0.1, -0.05) is 13.8 Å². The lowest BCUT2D eigenvalue weighted by Crippen LogP contribution is -2.23. The molecule has 0 bridgehead atoms. The summed E-state index contributed by atoms with van der Waals surface area (Å²) in [6, 6.07) is 0. The molecule has 0 radical (unpaired) electrons. The highest BCUT2D eigenvalue weighted by Crippen LogP contribution is 2.16. The molecule has 11 heavy (non-hydrogen) atoms. The van der Waals surface area contributed by atoms with E-state index in [1.165, 1.54) is 0 Å². The van der Waals surface area contributed by atoms with Crippen LogP contribution in [0.3, 0.4) is 0 Å². The smallest absolute Gasteiger partial charge is 0.306 e. The van der Waals surface area contributed by atoms with E-state index < -0.39 is 18.0 Å². The number of aliphatic carboxylic acids is 1. The van der Waals surface area contributed by atoms with Crippen LogP contribution in [0, 0.1) is 11.8 Å². The van der Waals surface area contributed by atoms with E-state index in [2.05, 4.69) is 0 Å². The molecule has 0 aromatic heterocycles. The molecule has 0 aliphatic carbocycles. The average molecular weight is 160 g/mol. The normalized spacial score (nSPS) is 16.5. The molecule has 0 aromatic rings. The van der Waals surface area contributed by atoms with Gasteiger partial charge >= 0.3 is 5.97 Å². The molecule has 2 atom stereocenters. The summed E-state index contributed by atoms with van der Waals surface area (Å²) in [6.45, 7) is 5.31. The quantitative estimate of drug-likeness (QED) is 0.647. The second kappa shape index (κ2) is 4.34. The summed E-state index contributed by atoms with van der Waals surface area (Å²) in [4.78, 5) is 10.6. The van der Waals surface area contributed by atoms with Crippen molar-refractivity contribution in [1.82, 2.24) is 0 Å². The highest BCUT2D eigenvalue weighted by molar-refractivity contribution is 5.70. The van der Waals surface area contributed by atoms with E-state index >= 15 is 0 Å². The third-order valence-corrected chi connectivity index (χ3v) is 1.72. The number of carboxylic acid groups (broad SMARTS) is 1. The number of aliphatic hydroxyl groups excluding tert-OH is 1. The first-order valence-corrected chi connectivity index (χ1v) is 3.86. The molecule has 0 rings (SSSR count). The van der Waals surface area contributed by atoms with Gasteiger partial charge in [0.25, 0.3) is 0 Å². The van der Waals surface area contributed by atoms with Crippen molar-refractivity contribution >= 4 is 5.97 Å². The van der Waals surface area contributed by atoms with Crippen molar-refractivity contribution in [2.24, 2.45) is 11.8 Å². The molecule has 0 saturated heterocycles. The molecular weight excluding hydrogens is 144 g/mol. The number of hydrogen-bond donors (Lipinski definition) is 2. The minimum atomic E-state index is -0.819. The van der Waals surface area contributed by atoms with E-state index in [-0.39, 0.29) is 5.92 Å². The van der Waals surface area contributed by atoms with Crippen molar-refractivity contribution in [3.8, 4) is 0 Å². The Balaban J connectivity index is 4.01. The summed E-state index contributed by atoms with van der Waals surface area (Å²) in [7, 11) is 0. The molecule has 0 heterocycles. The lowest BCUT2D eigenvalue weighted by Gasteiger charge is -2.17. The van der Waals surface area contributed by atoms with Gasteiger partial charge in [0, 0.05) is 0 Å². The fourth-order valence-corrected chi connectivity index (χ4v) is 1.03. The third kappa shape index (κ3) is 3.98. The number of aliphatic hydroxyl groups is 1. The molecule has 2 N–H and O–H groups in total. The Morgan fingerprint density at radius 1 is 1.36 bits per heavy atom. The van der Waals surface area contributed by atoms with Crippen LogP contribution in [-0.4, -0.2) is 22.3 Å². The summed E-state index contributed by atoms with van der Waals surface area (Å²) < 4.78 is 0. The SMILES string of the molecule is CC(O)CC(C(=O)O)C(C)C. The van der Waals surface area contributed by atoms with Crippen LogP contribution in [0.25, 0.3) is 0 Å². The molecule has 0 fully saturated rings. The van der Waals surface area contributed by atoms with E-state index in [1.54, 1.807) is 6.92 Å². The van der Waals surface area contributed by atoms with Gasteiger partial charge in [-0.15, -0.1) is 0 Å². The van der Waals surface area contributed by atoms with Crippen LogP contribution in [0.4, 0.5) is 0 Å². The number of carboxylic acids is 1. The van der Waals surface area contributed by atoms with Crippen molar-refractivity contribution in [1.29, 1.82) is 0 Å². The Morgan fingerprint density at radius 3 is 1.91 bits per heavy atom. The average Bonchev–Trinajstić information content (AvgIpc) is 1.81. The molecule has 3 nitrogen and oxygen atoms in total. The maximum absolute atomic E-state index is 10.6. The van der Waals surface area contributed by atoms with E-state index in [1.807, 2.05) is 13.8 Å². The first kappa shape index (κ1) is 10.4. The van der Waals surface area contributed by atoms with Crippen LogP contribution < -0.4 is 0 Å². The Bertz CT molecular complexity index is 129. The predicted octanol–water partition coefficient (Wildman–Crippen LogP) is 1.11. The van der Waals surface area contributed by atoms with Crippen LogP contribution in [0.1, 0.15) is 27.2 Å². The molecular formula is C8H16O3. The van der Waals surface area contributed by atoms with Crippen molar-refractivity contribution in [3.05, 3.63) is 0 Å². The third-order valence-electron chi connectivity index (χ3n) is 1.72. The standard InChI is InChI=1S/C8H16O3/c1-5(2)7(8(10)11)4-6(3)9/h5-7,9H,4H2,1-3H3,(H,10,11). The Hall–Kier alpha value is -0.570. The highest BCUT2D eigenvalue weighted by Gasteiger charge is 2.22. The van der Waals surface area contributed by atoms with Gasteiger partial charge in [-0.3, -0.25) is 4.79 Å². The number of rotatable bonds is 4. The Kier molecular flexibility index (Phi) is 4.11. The van der Waals surface area contributed by atoms with Gasteiger partial charge in [0.05, 0.1) is 12.0 Å². The van der Waals surface area contributed by atoms with Gasteiger partial charge in [0.1, 0.15) is 0 Å². The van der Waals surface area contributed by atoms with Crippen molar-refractivity contribution in [3.63, 3.8) is 0 Å². The first-order valence-electron chi connectivity index (χ1n) is 3.86. The van der Waals surface area contributed by atoms with E-state index in [0.29, 0.717) is 6.42 Å². The van der Waals surface area contributed by atoms with Gasteiger partial charge in [-0.05, 0) is 19.3 Å². The maximum Gasteiger partial charge on any atom is 0.306 e. The summed E-state index contributed by atoms with van der Waals surface area (Å²) in [5, 5.41) is 17.6. The molecule has 0 aromatic carbocycles. The zero-order valence-corrected chi connectivity index (χ0v) is 7.24. The number of hydrogen-bond acceptors (Lipinski definition) is 2. The number of carbonyl (C=O) groups is 1. The van der Waals surface area contributed by atoms with Crippen LogP contribution in [-0.2, 0) is 4.79 Å². The first-order chi connectivity index (χ1) is 4.95. The van der Waals surface area contributed by atoms with Gasteiger partial charge in [0.15, 0.2) is 0 Å². The van der Waals surface area contributed by atoms with Crippen LogP contribution in [0.5, 0.6) is 0 Å². The second-order valence-corrected chi connectivity index (χ2v) is 3.27. The molecule has 0 saturated carbocycles. The molecule has 0 spiro atoms. The van der Waals surface area contributed by atoms with Crippen LogP contribution >= 0.6 is 0 Å². The van der Waals surface area contributed by atoms with Gasteiger partial charge in [-0.25, -0.2) is 0 Å². The van der Waals surface area contributed by atoms with E-state index in [0.717, 1.165) is 0 Å². The maximum atomic E-state index is 10.6. The fraction of sp³-hybridized carbons (Fsp3) is 0.875. The molecule has 2 unspecified atom stereocenters. The van der Waals surface area contributed by atoms with Crippen LogP contribution in [0.15, 0.2) is 0 Å². The van der Waals surface area contributed by atoms with E-state index in [9.17, 15) is 4.79 Å². The Morgan fingerprint density at radius 2 is 1.82 bits per heavy atom. The molecule has 3 heteroatoms. The molecule has 0 aliphatic rings. The topological polar surface area (TPSA) is 57.5 Å². The molecule has 0 amide bonds. The zero-order chi connectivity index (χ0) is 9.02. The lowest BCUT2D eigenvalue weighted by atomic mass is 9.91. The van der Waals surface area contributed by atoms with Crippen molar-refractivity contribution in [2.45, 2.75) is 33.3 Å². The minimum Gasteiger partial charge on any atom is -0.481 e. The molecule has 66 valence electrons. The van der Waals surface area contributed by atoms with Crippen molar-refractivity contribution < 1.29 is 15.0 Å². The second-order valence-electron chi connectivity index (χ2n) is 3.27. The molecule has 0 aliphatic heterocycles. The summed E-state index contributed by atoms with van der Waals surface area (Å²) in [5.74, 6) is -1.15. The Labute approximate surface area is 67.0 Å². The summed E-state index contributed by atoms with van der Waals surface area (Å²) >= 11 is 0. The van der Waals surface area contributed by atoms with E-state index in [4.69, 9.17) is 10.2 Å². The minimum absolute atomic E-state index is 0.0853. The van der Waals surface area contributed by atoms with Gasteiger partial charge < -0.3 is 10.2 Å². The van der Waals surface area contributed by atoms with Gasteiger partial charge in [0.2, 0.25) is 0 Å². The van der Waals surface area contributed by atoms with Crippen LogP contribution in [0.2, 0.25) is 0 Å². The highest BCUT2D eigenvalue weighted by atomic mass is 16.4. The fourth-order valence-electron chi connectivity index (χ4n) is 1.03. The van der Waals surface area contributed by atoms with Gasteiger partial charge in [-0.2, -0.15) is 0 Å². The lowest BCUT2D eigenvalue weighted by molar-refractivity contribution is -0.144. The summed E-state index contributed by atoms with van der Waals surface area (Å²) in [5.41, 5.74) is 0. The zero-order valence-electron chi connectivity index (χ0n) is 7.24. The monoisotopic (exact) mass is 160 g/mol. The predicted molar refractivity (Wildman–Crippen MR) is 42.3 cm³/mol. The largest absolute Gasteiger partial charge is 0.481 e. The van der Waals surface area contributed by atoms with Crippen molar-refractivity contribution in [2.75, 3.05) is 0 Å². The summed E-state index contributed by atoms with van der Waals surface area (Å²) in [6.07, 6.45) is -0.189.